The van der Waals surface area contributed by atoms with Gasteiger partial charge in [-0.05, 0) is 18.6 Å². The molecule has 1 aromatic heterocycles. The first-order chi connectivity index (χ1) is 8.16. The van der Waals surface area contributed by atoms with E-state index in [1.54, 1.807) is 12.3 Å². The molecule has 0 aromatic carbocycles. The van der Waals surface area contributed by atoms with Gasteiger partial charge in [-0.2, -0.15) is 0 Å². The van der Waals surface area contributed by atoms with E-state index in [0.717, 1.165) is 6.42 Å². The molecule has 0 radical (unpaired) electrons. The molecule has 0 saturated carbocycles. The normalized spacial score (nSPS) is 19.1. The fourth-order valence-corrected chi connectivity index (χ4v) is 2.71. The lowest BCUT2D eigenvalue weighted by atomic mass is 10.2. The smallest absolute Gasteiger partial charge is 0.338 e. The molecule has 1 fully saturated rings. The fourth-order valence-electron chi connectivity index (χ4n) is 1.65. The summed E-state index contributed by atoms with van der Waals surface area (Å²) < 4.78 is 0. The van der Waals surface area contributed by atoms with Gasteiger partial charge in [0.1, 0.15) is 5.03 Å². The van der Waals surface area contributed by atoms with Crippen molar-refractivity contribution in [1.82, 2.24) is 10.3 Å². The first-order valence-electron chi connectivity index (χ1n) is 5.27. The molecule has 0 spiro atoms. The van der Waals surface area contributed by atoms with E-state index in [1.807, 2.05) is 0 Å². The average molecular weight is 252 g/mol. The molecule has 1 aliphatic heterocycles. The van der Waals surface area contributed by atoms with Crippen LogP contribution in [0.4, 0.5) is 0 Å². The predicted octanol–water partition coefficient (Wildman–Crippen LogP) is 1.15. The van der Waals surface area contributed by atoms with Crippen LogP contribution in [0.3, 0.4) is 0 Å². The Kier molecular flexibility index (Phi) is 3.63. The molecule has 1 aliphatic rings. The van der Waals surface area contributed by atoms with Crippen molar-refractivity contribution in [3.63, 3.8) is 0 Å². The van der Waals surface area contributed by atoms with E-state index in [1.165, 1.54) is 17.8 Å². The second-order valence-corrected chi connectivity index (χ2v) is 4.78. The van der Waals surface area contributed by atoms with Crippen LogP contribution in [-0.4, -0.2) is 33.8 Å². The number of carbonyl (C=O) groups is 2. The van der Waals surface area contributed by atoms with Crippen LogP contribution in [0.25, 0.3) is 0 Å². The Hall–Kier alpha value is -1.56. The minimum absolute atomic E-state index is 0.0649. The van der Waals surface area contributed by atoms with Gasteiger partial charge < -0.3 is 10.4 Å². The molecule has 0 bridgehead atoms. The predicted molar refractivity (Wildman–Crippen MR) is 63.1 cm³/mol. The van der Waals surface area contributed by atoms with Crippen molar-refractivity contribution in [3.05, 3.63) is 23.9 Å². The third kappa shape index (κ3) is 2.97. The summed E-state index contributed by atoms with van der Waals surface area (Å²) >= 11 is 1.37. The van der Waals surface area contributed by atoms with E-state index >= 15 is 0 Å². The van der Waals surface area contributed by atoms with Gasteiger partial charge in [-0.3, -0.25) is 4.79 Å². The summed E-state index contributed by atoms with van der Waals surface area (Å²) in [5, 5.41) is 12.3. The van der Waals surface area contributed by atoms with Gasteiger partial charge in [-0.25, -0.2) is 9.78 Å². The Bertz CT molecular complexity index is 450. The first-order valence-corrected chi connectivity index (χ1v) is 6.26. The molecule has 6 heteroatoms. The summed E-state index contributed by atoms with van der Waals surface area (Å²) in [5.74, 6) is -0.255. The van der Waals surface area contributed by atoms with Crippen LogP contribution in [0, 0.1) is 0 Å². The molecule has 1 aromatic rings. The van der Waals surface area contributed by atoms with Gasteiger partial charge in [-0.15, -0.1) is 11.8 Å². The standard InChI is InChI=1S/C11H12N2O3S/c14-9-4-3-7(13-9)6-17-10-8(11(15)16)2-1-5-12-10/h1-2,5,7H,3-4,6H2,(H,13,14)(H,15,16). The maximum Gasteiger partial charge on any atom is 0.338 e. The molecule has 1 unspecified atom stereocenters. The van der Waals surface area contributed by atoms with Gasteiger partial charge in [-0.1, -0.05) is 0 Å². The quantitative estimate of drug-likeness (QED) is 0.786. The molecule has 0 aliphatic carbocycles. The zero-order chi connectivity index (χ0) is 12.3. The maximum absolute atomic E-state index is 11.0. The molecule has 17 heavy (non-hydrogen) atoms. The highest BCUT2D eigenvalue weighted by atomic mass is 32.2. The number of aromatic nitrogens is 1. The molecular formula is C11H12N2O3S. The lowest BCUT2D eigenvalue weighted by molar-refractivity contribution is -0.119. The van der Waals surface area contributed by atoms with Crippen molar-refractivity contribution >= 4 is 23.6 Å². The summed E-state index contributed by atoms with van der Waals surface area (Å²) in [7, 11) is 0. The van der Waals surface area contributed by atoms with Crippen molar-refractivity contribution < 1.29 is 14.7 Å². The Morgan fingerprint density at radius 2 is 2.47 bits per heavy atom. The van der Waals surface area contributed by atoms with Crippen LogP contribution in [0.5, 0.6) is 0 Å². The van der Waals surface area contributed by atoms with Crippen LogP contribution in [-0.2, 0) is 4.79 Å². The largest absolute Gasteiger partial charge is 0.478 e. The zero-order valence-electron chi connectivity index (χ0n) is 9.05. The van der Waals surface area contributed by atoms with E-state index in [9.17, 15) is 9.59 Å². The van der Waals surface area contributed by atoms with Gasteiger partial charge in [0, 0.05) is 24.4 Å². The first kappa shape index (κ1) is 11.9. The van der Waals surface area contributed by atoms with Crippen molar-refractivity contribution in [1.29, 1.82) is 0 Å². The second kappa shape index (κ2) is 5.18. The summed E-state index contributed by atoms with van der Waals surface area (Å²) in [5.41, 5.74) is 0.210. The number of pyridine rings is 1. The topological polar surface area (TPSA) is 79.3 Å². The number of nitrogens with zero attached hydrogens (tertiary/aromatic N) is 1. The van der Waals surface area contributed by atoms with Crippen LogP contribution in [0.2, 0.25) is 0 Å². The van der Waals surface area contributed by atoms with E-state index in [4.69, 9.17) is 5.11 Å². The zero-order valence-corrected chi connectivity index (χ0v) is 9.87. The second-order valence-electron chi connectivity index (χ2n) is 3.78. The third-order valence-corrected chi connectivity index (χ3v) is 3.68. The molecule has 2 rings (SSSR count). The van der Waals surface area contributed by atoms with Crippen molar-refractivity contribution in [3.8, 4) is 0 Å². The number of carboxylic acids is 1. The van der Waals surface area contributed by atoms with Crippen molar-refractivity contribution in [2.45, 2.75) is 23.9 Å². The number of amides is 1. The van der Waals surface area contributed by atoms with Gasteiger partial charge in [0.25, 0.3) is 0 Å². The molecule has 2 N–H and O–H groups in total. The van der Waals surface area contributed by atoms with E-state index in [-0.39, 0.29) is 17.5 Å². The number of thioether (sulfide) groups is 1. The number of carbonyl (C=O) groups excluding carboxylic acids is 1. The van der Waals surface area contributed by atoms with Crippen LogP contribution >= 0.6 is 11.8 Å². The number of hydrogen-bond donors (Lipinski definition) is 2. The minimum Gasteiger partial charge on any atom is -0.478 e. The highest BCUT2D eigenvalue weighted by molar-refractivity contribution is 7.99. The molecule has 5 nitrogen and oxygen atoms in total. The number of aromatic carboxylic acids is 1. The highest BCUT2D eigenvalue weighted by Gasteiger charge is 2.21. The molecule has 1 saturated heterocycles. The molecule has 1 atom stereocenters. The molecule has 1 amide bonds. The maximum atomic E-state index is 11.0. The van der Waals surface area contributed by atoms with E-state index < -0.39 is 5.97 Å². The Labute approximate surface area is 103 Å². The summed E-state index contributed by atoms with van der Waals surface area (Å²) in [4.78, 5) is 26.0. The lowest BCUT2D eigenvalue weighted by Gasteiger charge is -2.09. The SMILES string of the molecule is O=C1CCC(CSc2ncccc2C(=O)O)N1. The van der Waals surface area contributed by atoms with Gasteiger partial charge in [0.05, 0.1) is 5.56 Å². The van der Waals surface area contributed by atoms with Crippen LogP contribution < -0.4 is 5.32 Å². The summed E-state index contributed by atoms with van der Waals surface area (Å²) in [6, 6.07) is 3.26. The third-order valence-electron chi connectivity index (χ3n) is 2.51. The van der Waals surface area contributed by atoms with E-state index in [0.29, 0.717) is 17.2 Å². The van der Waals surface area contributed by atoms with Crippen LogP contribution in [0.1, 0.15) is 23.2 Å². The number of nitrogens with one attached hydrogen (secondary N) is 1. The van der Waals surface area contributed by atoms with Crippen molar-refractivity contribution in [2.24, 2.45) is 0 Å². The summed E-state index contributed by atoms with van der Waals surface area (Å²) in [6.45, 7) is 0. The lowest BCUT2D eigenvalue weighted by Crippen LogP contribution is -2.27. The number of rotatable bonds is 4. The van der Waals surface area contributed by atoms with Gasteiger partial charge in [0.15, 0.2) is 0 Å². The average Bonchev–Trinajstić information content (AvgIpc) is 2.73. The molecule has 90 valence electrons. The van der Waals surface area contributed by atoms with Gasteiger partial charge >= 0.3 is 5.97 Å². The Morgan fingerprint density at radius 3 is 3.12 bits per heavy atom. The van der Waals surface area contributed by atoms with Crippen molar-refractivity contribution in [2.75, 3.05) is 5.75 Å². The van der Waals surface area contributed by atoms with E-state index in [2.05, 4.69) is 10.3 Å². The molecule has 2 heterocycles. The monoisotopic (exact) mass is 252 g/mol. The minimum atomic E-state index is -0.976. The Morgan fingerprint density at radius 1 is 1.65 bits per heavy atom. The Balaban J connectivity index is 1.99. The highest BCUT2D eigenvalue weighted by Crippen LogP contribution is 2.23. The summed E-state index contributed by atoms with van der Waals surface area (Å²) in [6.07, 6.45) is 2.93. The number of hydrogen-bond acceptors (Lipinski definition) is 4. The number of carboxylic acid groups (broad SMARTS) is 1. The fraction of sp³-hybridized carbons (Fsp3) is 0.364. The van der Waals surface area contributed by atoms with Crippen LogP contribution in [0.15, 0.2) is 23.4 Å². The molecular weight excluding hydrogens is 240 g/mol. The van der Waals surface area contributed by atoms with Gasteiger partial charge in [0.2, 0.25) is 5.91 Å².